The number of benzene rings is 2. The molecule has 6 nitrogen and oxygen atoms in total. The average molecular weight is 380 g/mol. The first-order chi connectivity index (χ1) is 10.5. The lowest BCUT2D eigenvalue weighted by atomic mass is 10.3. The highest BCUT2D eigenvalue weighted by atomic mass is 79.9. The minimum atomic E-state index is -0.446. The maximum Gasteiger partial charge on any atom is 0.309 e. The van der Waals surface area contributed by atoms with Crippen molar-refractivity contribution in [1.82, 2.24) is 4.57 Å². The van der Waals surface area contributed by atoms with Gasteiger partial charge < -0.3 is 5.32 Å². The van der Waals surface area contributed by atoms with E-state index in [1.807, 2.05) is 18.2 Å². The van der Waals surface area contributed by atoms with Gasteiger partial charge in [-0.1, -0.05) is 27.3 Å². The third kappa shape index (κ3) is 2.88. The summed E-state index contributed by atoms with van der Waals surface area (Å²) >= 11 is 4.57. The summed E-state index contributed by atoms with van der Waals surface area (Å²) in [5.41, 5.74) is 1.61. The number of hydrogen-bond donors (Lipinski definition) is 1. The van der Waals surface area contributed by atoms with Crippen LogP contribution >= 0.6 is 27.3 Å². The van der Waals surface area contributed by atoms with Gasteiger partial charge in [-0.3, -0.25) is 19.5 Å². The molecule has 3 rings (SSSR count). The van der Waals surface area contributed by atoms with Gasteiger partial charge in [0.1, 0.15) is 0 Å². The number of nitrogens with zero attached hydrogens (tertiary/aromatic N) is 2. The lowest BCUT2D eigenvalue weighted by Crippen LogP contribution is -2.18. The normalized spacial score (nSPS) is 10.8. The van der Waals surface area contributed by atoms with Gasteiger partial charge in [0.05, 0.1) is 21.8 Å². The predicted octanol–water partition coefficient (Wildman–Crippen LogP) is 3.80. The van der Waals surface area contributed by atoms with E-state index in [2.05, 4.69) is 21.2 Å². The number of fused-ring (bicyclic) bond motifs is 1. The van der Waals surface area contributed by atoms with E-state index in [0.29, 0.717) is 12.4 Å². The topological polar surface area (TPSA) is 77.2 Å². The van der Waals surface area contributed by atoms with Crippen molar-refractivity contribution in [3.63, 3.8) is 0 Å². The fourth-order valence-electron chi connectivity index (χ4n) is 2.06. The first-order valence-electron chi connectivity index (χ1n) is 6.32. The number of rotatable bonds is 4. The maximum absolute atomic E-state index is 12.1. The van der Waals surface area contributed by atoms with Crippen molar-refractivity contribution in [1.29, 1.82) is 0 Å². The molecule has 0 saturated heterocycles. The summed E-state index contributed by atoms with van der Waals surface area (Å²) in [6.07, 6.45) is 0. The molecule has 0 fully saturated rings. The van der Waals surface area contributed by atoms with Crippen LogP contribution in [0.15, 0.2) is 51.7 Å². The first kappa shape index (κ1) is 14.7. The van der Waals surface area contributed by atoms with Crippen LogP contribution in [-0.2, 0) is 6.67 Å². The summed E-state index contributed by atoms with van der Waals surface area (Å²) in [4.78, 5) is 22.2. The van der Waals surface area contributed by atoms with Crippen molar-refractivity contribution in [2.24, 2.45) is 0 Å². The van der Waals surface area contributed by atoms with E-state index in [4.69, 9.17) is 0 Å². The fraction of sp³-hybridized carbons (Fsp3) is 0.0714. The highest BCUT2D eigenvalue weighted by Crippen LogP contribution is 2.22. The van der Waals surface area contributed by atoms with Crippen molar-refractivity contribution in [3.05, 3.63) is 66.7 Å². The number of anilines is 1. The largest absolute Gasteiger partial charge is 0.367 e. The van der Waals surface area contributed by atoms with E-state index in [1.54, 1.807) is 16.7 Å². The van der Waals surface area contributed by atoms with Gasteiger partial charge in [-0.05, 0) is 30.3 Å². The van der Waals surface area contributed by atoms with Crippen molar-refractivity contribution in [2.45, 2.75) is 6.67 Å². The molecule has 0 atom stereocenters. The van der Waals surface area contributed by atoms with Crippen LogP contribution in [-0.4, -0.2) is 9.49 Å². The van der Waals surface area contributed by atoms with Gasteiger partial charge in [-0.2, -0.15) is 0 Å². The second-order valence-corrected chi connectivity index (χ2v) is 6.46. The fourth-order valence-corrected chi connectivity index (χ4v) is 3.50. The SMILES string of the molecule is O=c1sc2cc(Br)ccc2n1CNc1ccc([N+](=O)[O-])cc1. The van der Waals surface area contributed by atoms with Gasteiger partial charge >= 0.3 is 4.87 Å². The maximum atomic E-state index is 12.1. The van der Waals surface area contributed by atoms with Crippen LogP contribution in [0.1, 0.15) is 0 Å². The van der Waals surface area contributed by atoms with Crippen LogP contribution in [0.3, 0.4) is 0 Å². The summed E-state index contributed by atoms with van der Waals surface area (Å²) in [6.45, 7) is 0.304. The van der Waals surface area contributed by atoms with E-state index >= 15 is 0 Å². The molecule has 1 aromatic heterocycles. The minimum absolute atomic E-state index is 0.0357. The monoisotopic (exact) mass is 379 g/mol. The van der Waals surface area contributed by atoms with Crippen LogP contribution in [0, 0.1) is 10.1 Å². The van der Waals surface area contributed by atoms with Crippen molar-refractivity contribution in [3.8, 4) is 0 Å². The van der Waals surface area contributed by atoms with Gasteiger partial charge in [0.2, 0.25) is 0 Å². The molecule has 0 saturated carbocycles. The van der Waals surface area contributed by atoms with E-state index in [9.17, 15) is 14.9 Å². The predicted molar refractivity (Wildman–Crippen MR) is 90.5 cm³/mol. The standard InChI is InChI=1S/C14H10BrN3O3S/c15-9-1-6-12-13(7-9)22-14(19)17(12)8-16-10-2-4-11(5-3-10)18(20)21/h1-7,16H,8H2. The van der Waals surface area contributed by atoms with Crippen LogP contribution in [0.5, 0.6) is 0 Å². The highest BCUT2D eigenvalue weighted by molar-refractivity contribution is 9.10. The Bertz CT molecular complexity index is 902. The van der Waals surface area contributed by atoms with E-state index in [-0.39, 0.29) is 10.6 Å². The second kappa shape index (κ2) is 5.90. The molecule has 0 radical (unpaired) electrons. The Balaban J connectivity index is 1.83. The molecule has 0 bridgehead atoms. The molecular formula is C14H10BrN3O3S. The molecule has 0 spiro atoms. The number of nitrogens with one attached hydrogen (secondary N) is 1. The van der Waals surface area contributed by atoms with E-state index in [1.165, 1.54) is 23.5 Å². The van der Waals surface area contributed by atoms with Crippen LogP contribution < -0.4 is 10.2 Å². The average Bonchev–Trinajstić information content (AvgIpc) is 2.80. The van der Waals surface area contributed by atoms with Gasteiger partial charge in [-0.15, -0.1) is 0 Å². The van der Waals surface area contributed by atoms with Crippen molar-refractivity contribution >= 4 is 48.9 Å². The van der Waals surface area contributed by atoms with Crippen LogP contribution in [0.4, 0.5) is 11.4 Å². The van der Waals surface area contributed by atoms with Crippen molar-refractivity contribution < 1.29 is 4.92 Å². The Kier molecular flexibility index (Phi) is 3.95. The van der Waals surface area contributed by atoms with Gasteiger partial charge in [-0.25, -0.2) is 0 Å². The molecule has 8 heteroatoms. The molecule has 1 heterocycles. The first-order valence-corrected chi connectivity index (χ1v) is 7.93. The number of aromatic nitrogens is 1. The lowest BCUT2D eigenvalue weighted by Gasteiger charge is -2.07. The van der Waals surface area contributed by atoms with Gasteiger partial charge in [0, 0.05) is 22.3 Å². The van der Waals surface area contributed by atoms with Gasteiger partial charge in [0.15, 0.2) is 0 Å². The Hall–Kier alpha value is -2.19. The number of nitro groups is 1. The number of nitro benzene ring substituents is 1. The highest BCUT2D eigenvalue weighted by Gasteiger charge is 2.08. The number of hydrogen-bond acceptors (Lipinski definition) is 5. The summed E-state index contributed by atoms with van der Waals surface area (Å²) in [5.74, 6) is 0. The zero-order valence-corrected chi connectivity index (χ0v) is 13.6. The molecule has 22 heavy (non-hydrogen) atoms. The Morgan fingerprint density at radius 2 is 1.95 bits per heavy atom. The summed E-state index contributed by atoms with van der Waals surface area (Å²) in [7, 11) is 0. The summed E-state index contributed by atoms with van der Waals surface area (Å²) in [6, 6.07) is 11.8. The molecular weight excluding hydrogens is 370 g/mol. The van der Waals surface area contributed by atoms with Crippen LogP contribution in [0.25, 0.3) is 10.2 Å². The smallest absolute Gasteiger partial charge is 0.309 e. The minimum Gasteiger partial charge on any atom is -0.367 e. The molecule has 0 amide bonds. The van der Waals surface area contributed by atoms with Crippen molar-refractivity contribution in [2.75, 3.05) is 5.32 Å². The quantitative estimate of drug-likeness (QED) is 0.552. The molecule has 2 aromatic carbocycles. The third-order valence-corrected chi connectivity index (χ3v) is 4.58. The zero-order valence-electron chi connectivity index (χ0n) is 11.2. The molecule has 0 aliphatic heterocycles. The number of non-ortho nitro benzene ring substituents is 1. The molecule has 1 N–H and O–H groups in total. The van der Waals surface area contributed by atoms with E-state index < -0.39 is 4.92 Å². The van der Waals surface area contributed by atoms with Crippen LogP contribution in [0.2, 0.25) is 0 Å². The summed E-state index contributed by atoms with van der Waals surface area (Å²) < 4.78 is 3.47. The number of thiazole rings is 1. The molecule has 3 aromatic rings. The molecule has 0 aliphatic rings. The Morgan fingerprint density at radius 1 is 1.23 bits per heavy atom. The Morgan fingerprint density at radius 3 is 2.64 bits per heavy atom. The second-order valence-electron chi connectivity index (χ2n) is 4.55. The Labute approximate surface area is 137 Å². The van der Waals surface area contributed by atoms with Gasteiger partial charge in [0.25, 0.3) is 5.69 Å². The molecule has 0 aliphatic carbocycles. The lowest BCUT2D eigenvalue weighted by molar-refractivity contribution is -0.384. The number of halogens is 1. The molecule has 0 unspecified atom stereocenters. The third-order valence-electron chi connectivity index (χ3n) is 3.15. The van der Waals surface area contributed by atoms with E-state index in [0.717, 1.165) is 14.7 Å². The zero-order chi connectivity index (χ0) is 15.7. The molecule has 112 valence electrons. The summed E-state index contributed by atoms with van der Waals surface area (Å²) in [5, 5.41) is 13.7.